The number of anilines is 2. The second-order valence-corrected chi connectivity index (χ2v) is 9.08. The highest BCUT2D eigenvalue weighted by atomic mass is 35.5. The number of carbonyl (C=O) groups excluding carboxylic acids is 1. The van der Waals surface area contributed by atoms with Gasteiger partial charge in [-0.25, -0.2) is 9.48 Å². The number of amides is 2. The van der Waals surface area contributed by atoms with Crippen LogP contribution >= 0.6 is 23.2 Å². The van der Waals surface area contributed by atoms with Crippen molar-refractivity contribution in [2.24, 2.45) is 0 Å². The topological polar surface area (TPSA) is 87.6 Å². The Hall–Kier alpha value is -3.29. The number of rotatable bonds is 4. The molecule has 0 atom stereocenters. The number of aromatic amines is 1. The van der Waals surface area contributed by atoms with Crippen LogP contribution < -0.4 is 10.6 Å². The van der Waals surface area contributed by atoms with Gasteiger partial charge in [-0.2, -0.15) is 10.2 Å². The van der Waals surface area contributed by atoms with Gasteiger partial charge in [0.1, 0.15) is 5.82 Å². The molecule has 2 aromatic heterocycles. The van der Waals surface area contributed by atoms with Crippen molar-refractivity contribution in [1.82, 2.24) is 20.0 Å². The molecular weight excluding hydrogens is 447 g/mol. The Balaban J connectivity index is 1.68. The van der Waals surface area contributed by atoms with Crippen molar-refractivity contribution in [3.8, 4) is 16.8 Å². The molecule has 2 heterocycles. The monoisotopic (exact) mass is 468 g/mol. The van der Waals surface area contributed by atoms with Crippen molar-refractivity contribution in [3.63, 3.8) is 0 Å². The lowest BCUT2D eigenvalue weighted by Gasteiger charge is -2.14. The van der Waals surface area contributed by atoms with E-state index in [1.807, 2.05) is 36.5 Å². The summed E-state index contributed by atoms with van der Waals surface area (Å²) in [6, 6.07) is 14.3. The fourth-order valence-electron chi connectivity index (χ4n) is 3.13. The second kappa shape index (κ2) is 8.68. The zero-order chi connectivity index (χ0) is 22.9. The fraction of sp³-hybridized carbons (Fsp3) is 0.174. The standard InChI is InChI=1S/C23H22Cl2N6O/c1-23(2,3)19-11-20(29-22(32)28-18-9-5-8-17(24)21(18)25)31(30-19)16-7-4-6-14(10-16)15-12-26-27-13-15/h4-13H,1-3H3,(H,26,27)(H2,28,29,32). The van der Waals surface area contributed by atoms with Crippen molar-refractivity contribution < 1.29 is 4.79 Å². The van der Waals surface area contributed by atoms with E-state index in [2.05, 4.69) is 41.6 Å². The third kappa shape index (κ3) is 4.64. The first-order chi connectivity index (χ1) is 15.2. The van der Waals surface area contributed by atoms with Crippen LogP contribution in [-0.4, -0.2) is 26.0 Å². The molecule has 0 aliphatic rings. The third-order valence-electron chi connectivity index (χ3n) is 4.84. The van der Waals surface area contributed by atoms with Gasteiger partial charge >= 0.3 is 6.03 Å². The molecule has 0 radical (unpaired) electrons. The maximum absolute atomic E-state index is 12.8. The minimum absolute atomic E-state index is 0.212. The molecular formula is C23H22Cl2N6O. The molecule has 7 nitrogen and oxygen atoms in total. The second-order valence-electron chi connectivity index (χ2n) is 8.29. The smallest absolute Gasteiger partial charge is 0.306 e. The Morgan fingerprint density at radius 1 is 1.03 bits per heavy atom. The Kier molecular flexibility index (Phi) is 5.95. The SMILES string of the molecule is CC(C)(C)c1cc(NC(=O)Nc2cccc(Cl)c2Cl)n(-c2cccc(-c3cn[nH]c3)c2)n1. The first-order valence-corrected chi connectivity index (χ1v) is 10.7. The number of H-pyrrole nitrogens is 1. The normalized spacial score (nSPS) is 11.4. The quantitative estimate of drug-likeness (QED) is 0.318. The van der Waals surface area contributed by atoms with Crippen molar-refractivity contribution in [2.45, 2.75) is 26.2 Å². The van der Waals surface area contributed by atoms with Crippen molar-refractivity contribution in [2.75, 3.05) is 10.6 Å². The maximum atomic E-state index is 12.8. The summed E-state index contributed by atoms with van der Waals surface area (Å²) < 4.78 is 1.71. The van der Waals surface area contributed by atoms with Crippen LogP contribution in [0.4, 0.5) is 16.3 Å². The Bertz CT molecular complexity index is 1260. The van der Waals surface area contributed by atoms with Crippen molar-refractivity contribution >= 4 is 40.7 Å². The van der Waals surface area contributed by atoms with Gasteiger partial charge in [0.25, 0.3) is 0 Å². The molecule has 0 unspecified atom stereocenters. The number of carbonyl (C=O) groups is 1. The summed E-state index contributed by atoms with van der Waals surface area (Å²) in [4.78, 5) is 12.8. The number of hydrogen-bond acceptors (Lipinski definition) is 3. The van der Waals surface area contributed by atoms with E-state index in [-0.39, 0.29) is 10.4 Å². The first kappa shape index (κ1) is 21.9. The van der Waals surface area contributed by atoms with Gasteiger partial charge in [-0.05, 0) is 29.8 Å². The third-order valence-corrected chi connectivity index (χ3v) is 5.66. The summed E-state index contributed by atoms with van der Waals surface area (Å²) in [7, 11) is 0. The van der Waals surface area contributed by atoms with Crippen molar-refractivity contribution in [1.29, 1.82) is 0 Å². The largest absolute Gasteiger partial charge is 0.324 e. The average Bonchev–Trinajstić information content (AvgIpc) is 3.42. The number of aromatic nitrogens is 4. The highest BCUT2D eigenvalue weighted by Gasteiger charge is 2.22. The van der Waals surface area contributed by atoms with E-state index in [1.54, 1.807) is 29.1 Å². The Labute approximate surface area is 195 Å². The van der Waals surface area contributed by atoms with Gasteiger partial charge in [-0.3, -0.25) is 10.4 Å². The maximum Gasteiger partial charge on any atom is 0.324 e. The summed E-state index contributed by atoms with van der Waals surface area (Å²) in [6.45, 7) is 6.20. The average molecular weight is 469 g/mol. The van der Waals surface area contributed by atoms with Gasteiger partial charge in [-0.15, -0.1) is 0 Å². The van der Waals surface area contributed by atoms with E-state index in [1.165, 1.54) is 0 Å². The van der Waals surface area contributed by atoms with Crippen LogP contribution in [0.3, 0.4) is 0 Å². The molecule has 0 bridgehead atoms. The zero-order valence-electron chi connectivity index (χ0n) is 17.8. The molecule has 4 rings (SSSR count). The summed E-state index contributed by atoms with van der Waals surface area (Å²) in [5.74, 6) is 0.523. The summed E-state index contributed by atoms with van der Waals surface area (Å²) in [5.41, 5.74) is 3.78. The molecule has 0 spiro atoms. The number of hydrogen-bond donors (Lipinski definition) is 3. The highest BCUT2D eigenvalue weighted by molar-refractivity contribution is 6.44. The first-order valence-electron chi connectivity index (χ1n) is 9.94. The molecule has 0 saturated carbocycles. The molecule has 4 aromatic rings. The van der Waals surface area contributed by atoms with Gasteiger partial charge in [0, 0.05) is 23.2 Å². The fourth-order valence-corrected chi connectivity index (χ4v) is 3.48. The van der Waals surface area contributed by atoms with E-state index in [4.69, 9.17) is 28.3 Å². The molecule has 0 aliphatic heterocycles. The molecule has 3 N–H and O–H groups in total. The number of nitrogens with zero attached hydrogens (tertiary/aromatic N) is 3. The van der Waals surface area contributed by atoms with Gasteiger partial charge in [0.15, 0.2) is 0 Å². The van der Waals surface area contributed by atoms with E-state index in [0.29, 0.717) is 16.5 Å². The molecule has 0 fully saturated rings. The predicted octanol–water partition coefficient (Wildman–Crippen LogP) is 6.51. The van der Waals surface area contributed by atoms with E-state index >= 15 is 0 Å². The molecule has 2 amide bonds. The van der Waals surface area contributed by atoms with Crippen LogP contribution in [0.2, 0.25) is 10.0 Å². The highest BCUT2D eigenvalue weighted by Crippen LogP contribution is 2.31. The van der Waals surface area contributed by atoms with Crippen LogP contribution in [0.5, 0.6) is 0 Å². The molecule has 164 valence electrons. The lowest BCUT2D eigenvalue weighted by atomic mass is 9.92. The van der Waals surface area contributed by atoms with Crippen LogP contribution in [0, 0.1) is 0 Å². The van der Waals surface area contributed by atoms with Crippen LogP contribution in [0.15, 0.2) is 60.9 Å². The van der Waals surface area contributed by atoms with E-state index < -0.39 is 6.03 Å². The summed E-state index contributed by atoms with van der Waals surface area (Å²) in [5, 5.41) is 17.9. The van der Waals surface area contributed by atoms with Crippen molar-refractivity contribution in [3.05, 3.63) is 76.7 Å². The zero-order valence-corrected chi connectivity index (χ0v) is 19.3. The van der Waals surface area contributed by atoms with Crippen LogP contribution in [0.25, 0.3) is 16.8 Å². The minimum Gasteiger partial charge on any atom is -0.306 e. The molecule has 2 aromatic carbocycles. The Morgan fingerprint density at radius 3 is 2.53 bits per heavy atom. The number of halogens is 2. The Morgan fingerprint density at radius 2 is 1.81 bits per heavy atom. The minimum atomic E-state index is -0.457. The molecule has 0 saturated heterocycles. The van der Waals surface area contributed by atoms with Gasteiger partial charge in [0.2, 0.25) is 0 Å². The summed E-state index contributed by atoms with van der Waals surface area (Å²) >= 11 is 12.2. The number of benzene rings is 2. The van der Waals surface area contributed by atoms with E-state index in [0.717, 1.165) is 22.5 Å². The van der Waals surface area contributed by atoms with Gasteiger partial charge in [-0.1, -0.05) is 62.2 Å². The summed E-state index contributed by atoms with van der Waals surface area (Å²) in [6.07, 6.45) is 3.58. The lowest BCUT2D eigenvalue weighted by molar-refractivity contribution is 0.262. The van der Waals surface area contributed by atoms with Gasteiger partial charge in [0.05, 0.1) is 33.3 Å². The van der Waals surface area contributed by atoms with Gasteiger partial charge < -0.3 is 5.32 Å². The molecule has 9 heteroatoms. The van der Waals surface area contributed by atoms with Crippen LogP contribution in [0.1, 0.15) is 26.5 Å². The lowest BCUT2D eigenvalue weighted by Crippen LogP contribution is -2.21. The molecule has 0 aliphatic carbocycles. The molecule has 32 heavy (non-hydrogen) atoms. The van der Waals surface area contributed by atoms with E-state index in [9.17, 15) is 4.79 Å². The number of urea groups is 1. The van der Waals surface area contributed by atoms with Crippen LogP contribution in [-0.2, 0) is 5.41 Å². The predicted molar refractivity (Wildman–Crippen MR) is 129 cm³/mol. The number of nitrogens with one attached hydrogen (secondary N) is 3.